The van der Waals surface area contributed by atoms with Gasteiger partial charge >= 0.3 is 0 Å². The zero-order valence-corrected chi connectivity index (χ0v) is 12.6. The normalized spacial score (nSPS) is 13.9. The predicted octanol–water partition coefficient (Wildman–Crippen LogP) is 4.25. The van der Waals surface area contributed by atoms with Crippen molar-refractivity contribution in [3.63, 3.8) is 0 Å². The molecule has 0 saturated heterocycles. The fraction of sp³-hybridized carbons (Fsp3) is 0.294. The molecular weight excluding hydrogens is 289 g/mol. The third-order valence-corrected chi connectivity index (χ3v) is 3.71. The van der Waals surface area contributed by atoms with E-state index in [2.05, 4.69) is 5.32 Å². The van der Waals surface area contributed by atoms with Gasteiger partial charge in [0.25, 0.3) is 0 Å². The number of nitrogens with one attached hydrogen (secondary N) is 1. The number of benzene rings is 2. The van der Waals surface area contributed by atoms with Gasteiger partial charge in [0.1, 0.15) is 5.82 Å². The first-order valence-electron chi connectivity index (χ1n) is 7.02. The number of aliphatic hydroxyl groups is 1. The van der Waals surface area contributed by atoms with E-state index in [1.165, 1.54) is 12.1 Å². The van der Waals surface area contributed by atoms with Crippen LogP contribution in [0.2, 0.25) is 5.02 Å². The Labute approximate surface area is 129 Å². The zero-order valence-electron chi connectivity index (χ0n) is 11.9. The molecule has 2 aromatic carbocycles. The van der Waals surface area contributed by atoms with Crippen LogP contribution in [0.15, 0.2) is 48.5 Å². The van der Waals surface area contributed by atoms with Crippen molar-refractivity contribution in [1.29, 1.82) is 0 Å². The largest absolute Gasteiger partial charge is 0.387 e. The quantitative estimate of drug-likeness (QED) is 0.836. The van der Waals surface area contributed by atoms with Crippen molar-refractivity contribution in [2.45, 2.75) is 25.5 Å². The second-order valence-electron chi connectivity index (χ2n) is 4.99. The monoisotopic (exact) mass is 307 g/mol. The Morgan fingerprint density at radius 3 is 2.48 bits per heavy atom. The first kappa shape index (κ1) is 16.0. The van der Waals surface area contributed by atoms with Gasteiger partial charge in [-0.15, -0.1) is 0 Å². The van der Waals surface area contributed by atoms with E-state index in [1.807, 2.05) is 19.1 Å². The Balaban J connectivity index is 1.98. The van der Waals surface area contributed by atoms with E-state index in [1.54, 1.807) is 24.3 Å². The van der Waals surface area contributed by atoms with Crippen molar-refractivity contribution in [2.24, 2.45) is 0 Å². The Morgan fingerprint density at radius 2 is 1.86 bits per heavy atom. The molecule has 0 radical (unpaired) electrons. The summed E-state index contributed by atoms with van der Waals surface area (Å²) >= 11 is 5.92. The van der Waals surface area contributed by atoms with Gasteiger partial charge in [-0.25, -0.2) is 4.39 Å². The van der Waals surface area contributed by atoms with Gasteiger partial charge in [0.2, 0.25) is 0 Å². The lowest BCUT2D eigenvalue weighted by atomic mass is 10.0. The first-order chi connectivity index (χ1) is 10.1. The third kappa shape index (κ3) is 4.53. The van der Waals surface area contributed by atoms with Gasteiger partial charge in [-0.3, -0.25) is 0 Å². The molecule has 2 nitrogen and oxygen atoms in total. The van der Waals surface area contributed by atoms with E-state index in [-0.39, 0.29) is 11.9 Å². The summed E-state index contributed by atoms with van der Waals surface area (Å²) < 4.78 is 13.0. The summed E-state index contributed by atoms with van der Waals surface area (Å²) in [6.07, 6.45) is 0.228. The van der Waals surface area contributed by atoms with Crippen LogP contribution < -0.4 is 5.32 Å². The van der Waals surface area contributed by atoms with Gasteiger partial charge in [0.05, 0.1) is 6.10 Å². The molecule has 0 aliphatic carbocycles. The predicted molar refractivity (Wildman–Crippen MR) is 83.8 cm³/mol. The fourth-order valence-corrected chi connectivity index (χ4v) is 2.48. The molecule has 0 heterocycles. The molecule has 0 aromatic heterocycles. The van der Waals surface area contributed by atoms with E-state index < -0.39 is 6.10 Å². The summed E-state index contributed by atoms with van der Waals surface area (Å²) in [5.41, 5.74) is 1.79. The fourth-order valence-electron chi connectivity index (χ4n) is 2.28. The van der Waals surface area contributed by atoms with Crippen LogP contribution in [0.1, 0.15) is 36.6 Å². The standard InChI is InChI=1S/C17H19ClFNO/c1-2-16(12-6-8-15(19)9-7-12)20-11-17(21)13-4-3-5-14(18)10-13/h3-10,16-17,20-21H,2,11H2,1H3/t16-,17?/m1/s1. The first-order valence-corrected chi connectivity index (χ1v) is 7.40. The molecular formula is C17H19ClFNO. The van der Waals surface area contributed by atoms with E-state index in [0.29, 0.717) is 11.6 Å². The highest BCUT2D eigenvalue weighted by Crippen LogP contribution is 2.20. The minimum Gasteiger partial charge on any atom is -0.387 e. The van der Waals surface area contributed by atoms with Crippen LogP contribution in [0.5, 0.6) is 0 Å². The molecule has 0 spiro atoms. The smallest absolute Gasteiger partial charge is 0.123 e. The van der Waals surface area contributed by atoms with Crippen LogP contribution in [0.25, 0.3) is 0 Å². The lowest BCUT2D eigenvalue weighted by Crippen LogP contribution is -2.26. The third-order valence-electron chi connectivity index (χ3n) is 3.47. The Hall–Kier alpha value is -1.42. The average Bonchev–Trinajstić information content (AvgIpc) is 2.49. The molecule has 21 heavy (non-hydrogen) atoms. The lowest BCUT2D eigenvalue weighted by Gasteiger charge is -2.20. The molecule has 2 atom stereocenters. The van der Waals surface area contributed by atoms with Gasteiger partial charge < -0.3 is 10.4 Å². The average molecular weight is 308 g/mol. The topological polar surface area (TPSA) is 32.3 Å². The van der Waals surface area contributed by atoms with Gasteiger partial charge in [0, 0.05) is 17.6 Å². The van der Waals surface area contributed by atoms with Crippen molar-refractivity contribution >= 4 is 11.6 Å². The van der Waals surface area contributed by atoms with Crippen molar-refractivity contribution in [2.75, 3.05) is 6.54 Å². The number of aliphatic hydroxyl groups excluding tert-OH is 1. The summed E-state index contributed by atoms with van der Waals surface area (Å²) in [7, 11) is 0. The van der Waals surface area contributed by atoms with Crippen molar-refractivity contribution in [3.05, 3.63) is 70.5 Å². The lowest BCUT2D eigenvalue weighted by molar-refractivity contribution is 0.169. The highest BCUT2D eigenvalue weighted by atomic mass is 35.5. The second-order valence-corrected chi connectivity index (χ2v) is 5.43. The van der Waals surface area contributed by atoms with Gasteiger partial charge in [-0.1, -0.05) is 42.8 Å². The number of rotatable bonds is 6. The highest BCUT2D eigenvalue weighted by Gasteiger charge is 2.13. The van der Waals surface area contributed by atoms with Crippen LogP contribution in [-0.4, -0.2) is 11.7 Å². The molecule has 0 aliphatic rings. The molecule has 2 rings (SSSR count). The van der Waals surface area contributed by atoms with Gasteiger partial charge in [0.15, 0.2) is 0 Å². The summed E-state index contributed by atoms with van der Waals surface area (Å²) in [4.78, 5) is 0. The van der Waals surface area contributed by atoms with E-state index in [4.69, 9.17) is 11.6 Å². The Morgan fingerprint density at radius 1 is 1.14 bits per heavy atom. The zero-order chi connectivity index (χ0) is 15.2. The van der Waals surface area contributed by atoms with Gasteiger partial charge in [-0.05, 0) is 41.8 Å². The van der Waals surface area contributed by atoms with Crippen LogP contribution >= 0.6 is 11.6 Å². The summed E-state index contributed by atoms with van der Waals surface area (Å²) in [5, 5.41) is 14.1. The SMILES string of the molecule is CC[C@@H](NCC(O)c1cccc(Cl)c1)c1ccc(F)cc1. The van der Waals surface area contributed by atoms with Crippen LogP contribution in [0.3, 0.4) is 0 Å². The Bertz CT molecular complexity index is 573. The maximum atomic E-state index is 13.0. The molecule has 2 N–H and O–H groups in total. The summed E-state index contributed by atoms with van der Waals surface area (Å²) in [6, 6.07) is 13.7. The van der Waals surface area contributed by atoms with Gasteiger partial charge in [-0.2, -0.15) is 0 Å². The van der Waals surface area contributed by atoms with Crippen molar-refractivity contribution in [1.82, 2.24) is 5.32 Å². The minimum absolute atomic E-state index is 0.0828. The second kappa shape index (κ2) is 7.55. The van der Waals surface area contributed by atoms with E-state index >= 15 is 0 Å². The molecule has 4 heteroatoms. The molecule has 2 aromatic rings. The highest BCUT2D eigenvalue weighted by molar-refractivity contribution is 6.30. The molecule has 1 unspecified atom stereocenters. The maximum absolute atomic E-state index is 13.0. The van der Waals surface area contributed by atoms with E-state index in [9.17, 15) is 9.50 Å². The summed E-state index contributed by atoms with van der Waals surface area (Å²) in [6.45, 7) is 2.46. The number of halogens is 2. The van der Waals surface area contributed by atoms with E-state index in [0.717, 1.165) is 17.5 Å². The molecule has 112 valence electrons. The van der Waals surface area contributed by atoms with Crippen LogP contribution in [-0.2, 0) is 0 Å². The molecule has 0 fully saturated rings. The number of hydrogen-bond acceptors (Lipinski definition) is 2. The maximum Gasteiger partial charge on any atom is 0.123 e. The minimum atomic E-state index is -0.627. The summed E-state index contributed by atoms with van der Waals surface area (Å²) in [5.74, 6) is -0.243. The molecule has 0 saturated carbocycles. The Kier molecular flexibility index (Phi) is 5.74. The number of hydrogen-bond donors (Lipinski definition) is 2. The van der Waals surface area contributed by atoms with Crippen LogP contribution in [0, 0.1) is 5.82 Å². The van der Waals surface area contributed by atoms with Crippen LogP contribution in [0.4, 0.5) is 4.39 Å². The molecule has 0 bridgehead atoms. The molecule has 0 amide bonds. The molecule has 0 aliphatic heterocycles. The van der Waals surface area contributed by atoms with Crippen molar-refractivity contribution in [3.8, 4) is 0 Å². The van der Waals surface area contributed by atoms with Crippen molar-refractivity contribution < 1.29 is 9.50 Å².